The molecule has 0 radical (unpaired) electrons. The molecule has 100 valence electrons. The molecule has 1 nitrogen and oxygen atoms in total. The topological polar surface area (TPSA) is 26.0 Å². The van der Waals surface area contributed by atoms with Crippen molar-refractivity contribution in [3.63, 3.8) is 0 Å². The number of nitrogens with two attached hydrogens (primary N) is 1. The summed E-state index contributed by atoms with van der Waals surface area (Å²) in [5, 5.41) is 1.08. The van der Waals surface area contributed by atoms with Gasteiger partial charge in [-0.1, -0.05) is 53.6 Å². The first-order chi connectivity index (χ1) is 9.19. The van der Waals surface area contributed by atoms with Crippen molar-refractivity contribution >= 4 is 23.4 Å². The molecule has 0 saturated carbocycles. The first-order valence-electron chi connectivity index (χ1n) is 6.31. The summed E-state index contributed by atoms with van der Waals surface area (Å²) in [7, 11) is 0. The molecule has 0 saturated heterocycles. The SMILES string of the molecule is Cc1cccc(CSC(CN)c2ccc(Cl)cc2)c1. The Kier molecular flexibility index (Phi) is 5.32. The van der Waals surface area contributed by atoms with Crippen molar-refractivity contribution in [2.24, 2.45) is 5.73 Å². The molecule has 19 heavy (non-hydrogen) atoms. The lowest BCUT2D eigenvalue weighted by Gasteiger charge is -2.15. The molecular formula is C16H18ClNS. The van der Waals surface area contributed by atoms with Gasteiger partial charge in [0, 0.05) is 22.6 Å². The first kappa shape index (κ1) is 14.4. The van der Waals surface area contributed by atoms with Gasteiger partial charge in [-0.15, -0.1) is 11.8 Å². The van der Waals surface area contributed by atoms with Gasteiger partial charge in [0.2, 0.25) is 0 Å². The molecule has 2 rings (SSSR count). The van der Waals surface area contributed by atoms with E-state index in [0.717, 1.165) is 10.8 Å². The van der Waals surface area contributed by atoms with E-state index in [1.54, 1.807) is 0 Å². The number of benzene rings is 2. The fraction of sp³-hybridized carbons (Fsp3) is 0.250. The summed E-state index contributed by atoms with van der Waals surface area (Å²) in [4.78, 5) is 0. The highest BCUT2D eigenvalue weighted by Gasteiger charge is 2.10. The summed E-state index contributed by atoms with van der Waals surface area (Å²) >= 11 is 7.79. The Hall–Kier alpha value is -0.960. The van der Waals surface area contributed by atoms with Crippen molar-refractivity contribution < 1.29 is 0 Å². The van der Waals surface area contributed by atoms with Crippen LogP contribution in [0.25, 0.3) is 0 Å². The smallest absolute Gasteiger partial charge is 0.0423 e. The van der Waals surface area contributed by atoms with Crippen LogP contribution in [0.3, 0.4) is 0 Å². The van der Waals surface area contributed by atoms with Crippen LogP contribution < -0.4 is 5.73 Å². The van der Waals surface area contributed by atoms with Gasteiger partial charge >= 0.3 is 0 Å². The average Bonchev–Trinajstić information content (AvgIpc) is 2.41. The van der Waals surface area contributed by atoms with Gasteiger partial charge in [0.15, 0.2) is 0 Å². The Labute approximate surface area is 124 Å². The van der Waals surface area contributed by atoms with E-state index in [0.29, 0.717) is 11.8 Å². The van der Waals surface area contributed by atoms with Gasteiger partial charge in [-0.3, -0.25) is 0 Å². The fourth-order valence-corrected chi connectivity index (χ4v) is 3.16. The highest BCUT2D eigenvalue weighted by Crippen LogP contribution is 2.31. The van der Waals surface area contributed by atoms with E-state index in [2.05, 4.69) is 43.3 Å². The summed E-state index contributed by atoms with van der Waals surface area (Å²) in [6, 6.07) is 16.6. The van der Waals surface area contributed by atoms with Gasteiger partial charge in [0.25, 0.3) is 0 Å². The van der Waals surface area contributed by atoms with Gasteiger partial charge in [0.1, 0.15) is 0 Å². The molecule has 0 fully saturated rings. The van der Waals surface area contributed by atoms with E-state index in [4.69, 9.17) is 17.3 Å². The van der Waals surface area contributed by atoms with E-state index in [9.17, 15) is 0 Å². The van der Waals surface area contributed by atoms with Crippen molar-refractivity contribution in [1.29, 1.82) is 0 Å². The molecule has 1 unspecified atom stereocenters. The van der Waals surface area contributed by atoms with Crippen molar-refractivity contribution in [2.75, 3.05) is 6.54 Å². The highest BCUT2D eigenvalue weighted by molar-refractivity contribution is 7.98. The lowest BCUT2D eigenvalue weighted by molar-refractivity contribution is 0.940. The van der Waals surface area contributed by atoms with Gasteiger partial charge < -0.3 is 5.73 Å². The molecule has 2 aromatic rings. The average molecular weight is 292 g/mol. The first-order valence-corrected chi connectivity index (χ1v) is 7.74. The Morgan fingerprint density at radius 1 is 1.16 bits per heavy atom. The minimum Gasteiger partial charge on any atom is -0.329 e. The molecule has 0 amide bonds. The molecule has 0 bridgehead atoms. The van der Waals surface area contributed by atoms with Crippen LogP contribution in [0, 0.1) is 6.92 Å². The van der Waals surface area contributed by atoms with Crippen LogP contribution in [0.15, 0.2) is 48.5 Å². The molecule has 0 aliphatic rings. The predicted octanol–water partition coefficient (Wildman–Crippen LogP) is 4.58. The second kappa shape index (κ2) is 6.99. The zero-order chi connectivity index (χ0) is 13.7. The summed E-state index contributed by atoms with van der Waals surface area (Å²) in [5.74, 6) is 0.978. The number of thioether (sulfide) groups is 1. The van der Waals surface area contributed by atoms with Crippen LogP contribution in [0.5, 0.6) is 0 Å². The number of aryl methyl sites for hydroxylation is 1. The van der Waals surface area contributed by atoms with Gasteiger partial charge in [0.05, 0.1) is 0 Å². The third kappa shape index (κ3) is 4.27. The van der Waals surface area contributed by atoms with E-state index < -0.39 is 0 Å². The lowest BCUT2D eigenvalue weighted by atomic mass is 10.1. The van der Waals surface area contributed by atoms with Gasteiger partial charge in [-0.05, 0) is 30.2 Å². The second-order valence-electron chi connectivity index (χ2n) is 4.58. The van der Waals surface area contributed by atoms with E-state index in [-0.39, 0.29) is 0 Å². The monoisotopic (exact) mass is 291 g/mol. The third-order valence-electron chi connectivity index (χ3n) is 2.99. The van der Waals surface area contributed by atoms with Crippen LogP contribution in [-0.2, 0) is 5.75 Å². The van der Waals surface area contributed by atoms with Crippen molar-refractivity contribution in [2.45, 2.75) is 17.9 Å². The maximum absolute atomic E-state index is 5.91. The van der Waals surface area contributed by atoms with Gasteiger partial charge in [-0.2, -0.15) is 0 Å². The number of halogens is 1. The Bertz CT molecular complexity index is 525. The van der Waals surface area contributed by atoms with E-state index >= 15 is 0 Å². The summed E-state index contributed by atoms with van der Waals surface area (Å²) in [6.45, 7) is 2.76. The van der Waals surface area contributed by atoms with Crippen LogP contribution in [0.4, 0.5) is 0 Å². The molecule has 0 aromatic heterocycles. The quantitative estimate of drug-likeness (QED) is 0.872. The molecule has 2 N–H and O–H groups in total. The summed E-state index contributed by atoms with van der Waals surface area (Å²) in [6.07, 6.45) is 0. The van der Waals surface area contributed by atoms with E-state index in [1.807, 2.05) is 23.9 Å². The number of hydrogen-bond donors (Lipinski definition) is 1. The summed E-state index contributed by atoms with van der Waals surface area (Å²) in [5.41, 5.74) is 9.77. The highest BCUT2D eigenvalue weighted by atomic mass is 35.5. The molecule has 0 heterocycles. The molecule has 2 aromatic carbocycles. The second-order valence-corrected chi connectivity index (χ2v) is 6.20. The molecule has 1 atom stereocenters. The molecule has 0 aliphatic heterocycles. The number of rotatable bonds is 5. The van der Waals surface area contributed by atoms with E-state index in [1.165, 1.54) is 16.7 Å². The standard InChI is InChI=1S/C16H18ClNS/c1-12-3-2-4-13(9-12)11-19-16(10-18)14-5-7-15(17)8-6-14/h2-9,16H,10-11,18H2,1H3. The number of hydrogen-bond acceptors (Lipinski definition) is 2. The molecular weight excluding hydrogens is 274 g/mol. The van der Waals surface area contributed by atoms with Gasteiger partial charge in [-0.25, -0.2) is 0 Å². The van der Waals surface area contributed by atoms with Crippen molar-refractivity contribution in [3.05, 3.63) is 70.2 Å². The van der Waals surface area contributed by atoms with Crippen molar-refractivity contribution in [3.8, 4) is 0 Å². The third-order valence-corrected chi connectivity index (χ3v) is 4.61. The minimum atomic E-state index is 0.317. The van der Waals surface area contributed by atoms with Crippen LogP contribution in [-0.4, -0.2) is 6.54 Å². The maximum atomic E-state index is 5.91. The summed E-state index contributed by atoms with van der Waals surface area (Å²) < 4.78 is 0. The zero-order valence-corrected chi connectivity index (χ0v) is 12.5. The largest absolute Gasteiger partial charge is 0.329 e. The predicted molar refractivity (Wildman–Crippen MR) is 85.7 cm³/mol. The normalized spacial score (nSPS) is 12.4. The zero-order valence-electron chi connectivity index (χ0n) is 11.0. The Balaban J connectivity index is 2.01. The fourth-order valence-electron chi connectivity index (χ4n) is 1.98. The molecule has 0 aliphatic carbocycles. The Morgan fingerprint density at radius 3 is 2.53 bits per heavy atom. The molecule has 3 heteroatoms. The van der Waals surface area contributed by atoms with Crippen LogP contribution in [0.2, 0.25) is 5.02 Å². The Morgan fingerprint density at radius 2 is 1.89 bits per heavy atom. The molecule has 0 spiro atoms. The lowest BCUT2D eigenvalue weighted by Crippen LogP contribution is -2.09. The van der Waals surface area contributed by atoms with Crippen LogP contribution >= 0.6 is 23.4 Å². The van der Waals surface area contributed by atoms with Crippen LogP contribution in [0.1, 0.15) is 21.9 Å². The maximum Gasteiger partial charge on any atom is 0.0423 e. The van der Waals surface area contributed by atoms with Crippen molar-refractivity contribution in [1.82, 2.24) is 0 Å². The minimum absolute atomic E-state index is 0.317.